The van der Waals surface area contributed by atoms with Gasteiger partial charge in [0.25, 0.3) is 5.91 Å². The Morgan fingerprint density at radius 2 is 1.71 bits per heavy atom. The predicted molar refractivity (Wildman–Crippen MR) is 143 cm³/mol. The van der Waals surface area contributed by atoms with Crippen LogP contribution in [-0.2, 0) is 12.8 Å². The zero-order chi connectivity index (χ0) is 25.2. The Hall–Kier alpha value is -3.25. The van der Waals surface area contributed by atoms with Crippen LogP contribution in [-0.4, -0.2) is 42.4 Å². The van der Waals surface area contributed by atoms with E-state index in [0.29, 0.717) is 18.4 Å². The Morgan fingerprint density at radius 3 is 2.49 bits per heavy atom. The van der Waals surface area contributed by atoms with Crippen LogP contribution >= 0.6 is 0 Å². The van der Waals surface area contributed by atoms with E-state index in [0.717, 1.165) is 48.8 Å². The van der Waals surface area contributed by atoms with Crippen molar-refractivity contribution < 1.29 is 9.18 Å². The van der Waals surface area contributed by atoms with Crippen LogP contribution in [0.4, 0.5) is 4.39 Å². The van der Waals surface area contributed by atoms with Gasteiger partial charge >= 0.3 is 0 Å². The number of hydrogen-bond donors (Lipinski definition) is 3. The summed E-state index contributed by atoms with van der Waals surface area (Å²) in [6, 6.07) is 18.8. The van der Waals surface area contributed by atoms with Crippen LogP contribution in [0.5, 0.6) is 0 Å². The Balaban J connectivity index is 1.61. The SMILES string of the molecule is CCN(CC)CCCC(C)NC(=N)NC(=O)c1cccc(F)c1CCc1cccc2ccccc12. The zero-order valence-electron chi connectivity index (χ0n) is 21.0. The van der Waals surface area contributed by atoms with Gasteiger partial charge in [-0.05, 0) is 80.7 Å². The summed E-state index contributed by atoms with van der Waals surface area (Å²) in [7, 11) is 0. The molecule has 3 aromatic rings. The third-order valence-corrected chi connectivity index (χ3v) is 6.52. The van der Waals surface area contributed by atoms with Gasteiger partial charge in [0, 0.05) is 17.2 Å². The molecule has 1 unspecified atom stereocenters. The molecule has 3 rings (SSSR count). The first-order chi connectivity index (χ1) is 16.9. The Labute approximate surface area is 208 Å². The highest BCUT2D eigenvalue weighted by Gasteiger charge is 2.17. The Morgan fingerprint density at radius 1 is 1.00 bits per heavy atom. The fourth-order valence-electron chi connectivity index (χ4n) is 4.49. The van der Waals surface area contributed by atoms with E-state index in [1.165, 1.54) is 6.07 Å². The topological polar surface area (TPSA) is 68.2 Å². The van der Waals surface area contributed by atoms with Gasteiger partial charge in [-0.3, -0.25) is 15.5 Å². The highest BCUT2D eigenvalue weighted by molar-refractivity contribution is 6.05. The van der Waals surface area contributed by atoms with Gasteiger partial charge in [-0.15, -0.1) is 0 Å². The van der Waals surface area contributed by atoms with Gasteiger partial charge < -0.3 is 10.2 Å². The lowest BCUT2D eigenvalue weighted by molar-refractivity contribution is 0.0974. The summed E-state index contributed by atoms with van der Waals surface area (Å²) >= 11 is 0. The van der Waals surface area contributed by atoms with Crippen LogP contribution in [0.15, 0.2) is 60.7 Å². The molecule has 6 heteroatoms. The lowest BCUT2D eigenvalue weighted by Crippen LogP contribution is -2.44. The van der Waals surface area contributed by atoms with Gasteiger partial charge in [0.1, 0.15) is 5.82 Å². The highest BCUT2D eigenvalue weighted by atomic mass is 19.1. The van der Waals surface area contributed by atoms with E-state index in [-0.39, 0.29) is 17.6 Å². The molecular weight excluding hydrogens is 439 g/mol. The highest BCUT2D eigenvalue weighted by Crippen LogP contribution is 2.22. The fourth-order valence-corrected chi connectivity index (χ4v) is 4.49. The molecule has 0 saturated heterocycles. The number of benzene rings is 3. The van der Waals surface area contributed by atoms with Crippen molar-refractivity contribution in [3.05, 3.63) is 83.2 Å². The van der Waals surface area contributed by atoms with Gasteiger partial charge in [0.2, 0.25) is 0 Å². The maximum atomic E-state index is 14.8. The van der Waals surface area contributed by atoms with Crippen LogP contribution in [0.3, 0.4) is 0 Å². The molecule has 0 aliphatic rings. The quantitative estimate of drug-likeness (QED) is 0.252. The van der Waals surface area contributed by atoms with Gasteiger partial charge in [0.05, 0.1) is 0 Å². The van der Waals surface area contributed by atoms with E-state index in [4.69, 9.17) is 5.41 Å². The van der Waals surface area contributed by atoms with E-state index in [1.807, 2.05) is 31.2 Å². The van der Waals surface area contributed by atoms with Gasteiger partial charge in [-0.2, -0.15) is 0 Å². The van der Waals surface area contributed by atoms with E-state index in [9.17, 15) is 9.18 Å². The van der Waals surface area contributed by atoms with Crippen LogP contribution < -0.4 is 10.6 Å². The van der Waals surface area contributed by atoms with Crippen molar-refractivity contribution in [2.24, 2.45) is 0 Å². The van der Waals surface area contributed by atoms with Crippen molar-refractivity contribution in [3.8, 4) is 0 Å². The number of amides is 1. The minimum absolute atomic E-state index is 0.0525. The van der Waals surface area contributed by atoms with Gasteiger partial charge in [0.15, 0.2) is 5.96 Å². The first-order valence-corrected chi connectivity index (χ1v) is 12.6. The average Bonchev–Trinajstić information content (AvgIpc) is 2.85. The third kappa shape index (κ3) is 7.36. The number of rotatable bonds is 11. The van der Waals surface area contributed by atoms with Crippen LogP contribution in [0, 0.1) is 11.2 Å². The standard InChI is InChI=1S/C29H37FN4O/c1-4-34(5-2)20-10-11-21(3)32-29(31)33-28(35)26-16-9-17-27(30)25(26)19-18-23-14-8-13-22-12-6-7-15-24(22)23/h6-9,12-17,21H,4-5,10-11,18-20H2,1-3H3,(H3,31,32,33,35). The van der Waals surface area contributed by atoms with Crippen LogP contribution in [0.1, 0.15) is 55.1 Å². The van der Waals surface area contributed by atoms with Crippen molar-refractivity contribution in [1.82, 2.24) is 15.5 Å². The summed E-state index contributed by atoms with van der Waals surface area (Å²) in [5, 5.41) is 16.1. The maximum Gasteiger partial charge on any atom is 0.258 e. The molecule has 0 fully saturated rings. The number of carbonyl (C=O) groups is 1. The third-order valence-electron chi connectivity index (χ3n) is 6.52. The lowest BCUT2D eigenvalue weighted by Gasteiger charge is -2.20. The number of hydrogen-bond acceptors (Lipinski definition) is 3. The minimum atomic E-state index is -0.467. The van der Waals surface area contributed by atoms with Crippen LogP contribution in [0.2, 0.25) is 0 Å². The number of nitrogens with zero attached hydrogens (tertiary/aromatic N) is 1. The summed E-state index contributed by atoms with van der Waals surface area (Å²) < 4.78 is 14.8. The molecule has 0 bridgehead atoms. The molecule has 35 heavy (non-hydrogen) atoms. The lowest BCUT2D eigenvalue weighted by atomic mass is 9.96. The molecule has 186 valence electrons. The predicted octanol–water partition coefficient (Wildman–Crippen LogP) is 5.53. The number of nitrogens with one attached hydrogen (secondary N) is 3. The van der Waals surface area contributed by atoms with E-state index in [1.54, 1.807) is 12.1 Å². The smallest absolute Gasteiger partial charge is 0.258 e. The largest absolute Gasteiger partial charge is 0.354 e. The summed E-state index contributed by atoms with van der Waals surface area (Å²) in [4.78, 5) is 15.3. The number of guanidine groups is 1. The number of halogens is 1. The van der Waals surface area contributed by atoms with Crippen molar-refractivity contribution in [1.29, 1.82) is 5.41 Å². The second-order valence-corrected chi connectivity index (χ2v) is 8.95. The first kappa shape index (κ1) is 26.4. The summed E-state index contributed by atoms with van der Waals surface area (Å²) in [6.45, 7) is 9.38. The summed E-state index contributed by atoms with van der Waals surface area (Å²) in [6.07, 6.45) is 2.91. The van der Waals surface area contributed by atoms with Gasteiger partial charge in [-0.1, -0.05) is 62.4 Å². The van der Waals surface area contributed by atoms with E-state index < -0.39 is 11.7 Å². The second kappa shape index (κ2) is 13.0. The molecular formula is C29H37FN4O. The Bertz CT molecular complexity index is 1140. The molecule has 3 N–H and O–H groups in total. The average molecular weight is 477 g/mol. The fraction of sp³-hybridized carbons (Fsp3) is 0.379. The molecule has 3 aromatic carbocycles. The number of fused-ring (bicyclic) bond motifs is 1. The van der Waals surface area contributed by atoms with Crippen molar-refractivity contribution in [2.45, 2.75) is 52.5 Å². The number of aryl methyl sites for hydroxylation is 1. The molecule has 1 amide bonds. The van der Waals surface area contributed by atoms with Crippen LogP contribution in [0.25, 0.3) is 10.8 Å². The molecule has 0 radical (unpaired) electrons. The molecule has 0 saturated carbocycles. The monoisotopic (exact) mass is 476 g/mol. The maximum absolute atomic E-state index is 14.8. The Kier molecular flexibility index (Phi) is 9.79. The molecule has 0 aliphatic heterocycles. The molecule has 0 spiro atoms. The molecule has 0 aromatic heterocycles. The molecule has 0 heterocycles. The number of carbonyl (C=O) groups excluding carboxylic acids is 1. The summed E-state index contributed by atoms with van der Waals surface area (Å²) in [5.41, 5.74) is 1.76. The molecule has 1 atom stereocenters. The van der Waals surface area contributed by atoms with E-state index >= 15 is 0 Å². The molecule has 0 aliphatic carbocycles. The molecule has 5 nitrogen and oxygen atoms in total. The minimum Gasteiger partial charge on any atom is -0.354 e. The zero-order valence-corrected chi connectivity index (χ0v) is 21.0. The van der Waals surface area contributed by atoms with Crippen molar-refractivity contribution >= 4 is 22.6 Å². The summed E-state index contributed by atoms with van der Waals surface area (Å²) in [5.74, 6) is -0.929. The second-order valence-electron chi connectivity index (χ2n) is 8.95. The first-order valence-electron chi connectivity index (χ1n) is 12.6. The van der Waals surface area contributed by atoms with Crippen molar-refractivity contribution in [2.75, 3.05) is 19.6 Å². The van der Waals surface area contributed by atoms with Crippen molar-refractivity contribution in [3.63, 3.8) is 0 Å². The normalized spacial score (nSPS) is 12.0. The van der Waals surface area contributed by atoms with E-state index in [2.05, 4.69) is 47.6 Å². The van der Waals surface area contributed by atoms with Gasteiger partial charge in [-0.25, -0.2) is 4.39 Å².